The number of esters is 2. The summed E-state index contributed by atoms with van der Waals surface area (Å²) in [4.78, 5) is 24.6. The monoisotopic (exact) mass is 379 g/mol. The number of nitrogens with one attached hydrogen (secondary N) is 1. The van der Waals surface area contributed by atoms with Gasteiger partial charge in [0.15, 0.2) is 0 Å². The van der Waals surface area contributed by atoms with Crippen molar-refractivity contribution in [1.29, 1.82) is 0 Å². The number of carbonyl (C=O) groups excluding carboxylic acids is 2. The molecule has 26 heavy (non-hydrogen) atoms. The van der Waals surface area contributed by atoms with Gasteiger partial charge in [0.1, 0.15) is 5.82 Å². The molecule has 1 aliphatic heterocycles. The number of benzene rings is 1. The molecule has 1 aromatic carbocycles. The summed E-state index contributed by atoms with van der Waals surface area (Å²) < 4.78 is 22.8. The summed E-state index contributed by atoms with van der Waals surface area (Å²) in [5.74, 6) is -2.34. The van der Waals surface area contributed by atoms with Gasteiger partial charge in [0.05, 0.1) is 25.4 Å². The van der Waals surface area contributed by atoms with Crippen molar-refractivity contribution >= 4 is 28.6 Å². The zero-order valence-electron chi connectivity index (χ0n) is 14.9. The summed E-state index contributed by atoms with van der Waals surface area (Å²) >= 11 is 6.38. The Labute approximate surface area is 156 Å². The Kier molecular flexibility index (Phi) is 6.21. The van der Waals surface area contributed by atoms with Crippen molar-refractivity contribution in [2.45, 2.75) is 13.8 Å². The second-order valence-corrected chi connectivity index (χ2v) is 6.09. The van der Waals surface area contributed by atoms with E-state index in [2.05, 4.69) is 5.32 Å². The maximum absolute atomic E-state index is 13.1. The van der Waals surface area contributed by atoms with Gasteiger partial charge >= 0.3 is 11.9 Å². The highest BCUT2D eigenvalue weighted by Gasteiger charge is 2.35. The van der Waals surface area contributed by atoms with Gasteiger partial charge in [-0.2, -0.15) is 0 Å². The third kappa shape index (κ3) is 3.96. The van der Waals surface area contributed by atoms with Crippen molar-refractivity contribution in [3.63, 3.8) is 0 Å². The van der Waals surface area contributed by atoms with E-state index in [4.69, 9.17) is 21.1 Å². The summed E-state index contributed by atoms with van der Waals surface area (Å²) in [5, 5.41) is 3.26. The number of halogens is 2. The molecule has 2 rings (SSSR count). The van der Waals surface area contributed by atoms with Gasteiger partial charge in [0.25, 0.3) is 0 Å². The highest BCUT2D eigenvalue weighted by molar-refractivity contribution is 6.48. The van der Waals surface area contributed by atoms with Gasteiger partial charge in [-0.05, 0) is 31.5 Å². The predicted octanol–water partition coefficient (Wildman–Crippen LogP) is 3.52. The molecule has 0 fully saturated rings. The number of methoxy groups -OCH3 is 2. The van der Waals surface area contributed by atoms with E-state index < -0.39 is 23.7 Å². The second kappa shape index (κ2) is 8.19. The third-order valence-corrected chi connectivity index (χ3v) is 4.39. The predicted molar refractivity (Wildman–Crippen MR) is 96.3 cm³/mol. The molecule has 138 valence electrons. The fourth-order valence-electron chi connectivity index (χ4n) is 2.83. The lowest BCUT2D eigenvalue weighted by Crippen LogP contribution is -2.32. The largest absolute Gasteiger partial charge is 0.466 e. The highest BCUT2D eigenvalue weighted by atomic mass is 35.5. The average Bonchev–Trinajstić information content (AvgIpc) is 2.61. The van der Waals surface area contributed by atoms with Gasteiger partial charge < -0.3 is 14.8 Å². The standard InChI is InChI=1S/C19H19ClFNO4/c1-10-16(18(23)25-3)14(17(11(2)22-10)19(24)26-4)9-15(20)12-5-7-13(21)8-6-12/h5-9,14,22H,1-4H3. The molecule has 1 aliphatic rings. The van der Waals surface area contributed by atoms with Gasteiger partial charge in [0.2, 0.25) is 0 Å². The summed E-state index contributed by atoms with van der Waals surface area (Å²) in [5.41, 5.74) is 2.14. The molecule has 1 N–H and O–H groups in total. The second-order valence-electron chi connectivity index (χ2n) is 5.68. The average molecular weight is 380 g/mol. The Morgan fingerprint density at radius 1 is 1.04 bits per heavy atom. The molecule has 1 aromatic rings. The van der Waals surface area contributed by atoms with Crippen LogP contribution in [0.1, 0.15) is 19.4 Å². The van der Waals surface area contributed by atoms with Crippen molar-refractivity contribution in [3.8, 4) is 0 Å². The Balaban J connectivity index is 2.60. The van der Waals surface area contributed by atoms with Crippen molar-refractivity contribution in [3.05, 3.63) is 64.3 Å². The Morgan fingerprint density at radius 3 is 1.92 bits per heavy atom. The van der Waals surface area contributed by atoms with Crippen LogP contribution < -0.4 is 5.32 Å². The molecule has 0 saturated heterocycles. The Hall–Kier alpha value is -2.60. The molecule has 7 heteroatoms. The first kappa shape index (κ1) is 19.7. The van der Waals surface area contributed by atoms with E-state index in [1.54, 1.807) is 19.9 Å². The van der Waals surface area contributed by atoms with Crippen molar-refractivity contribution in [2.24, 2.45) is 5.92 Å². The molecule has 0 aromatic heterocycles. The summed E-state index contributed by atoms with van der Waals surface area (Å²) in [7, 11) is 2.52. The molecule has 0 atom stereocenters. The topological polar surface area (TPSA) is 64.6 Å². The molecule has 1 heterocycles. The smallest absolute Gasteiger partial charge is 0.336 e. The number of hydrogen-bond acceptors (Lipinski definition) is 5. The fourth-order valence-corrected chi connectivity index (χ4v) is 3.08. The van der Waals surface area contributed by atoms with Gasteiger partial charge in [-0.25, -0.2) is 14.0 Å². The minimum atomic E-state index is -0.770. The molecule has 0 unspecified atom stereocenters. The number of carbonyl (C=O) groups is 2. The fraction of sp³-hybridized carbons (Fsp3) is 0.263. The van der Waals surface area contributed by atoms with Gasteiger partial charge in [0, 0.05) is 22.3 Å². The Morgan fingerprint density at radius 2 is 1.50 bits per heavy atom. The van der Waals surface area contributed by atoms with Crippen LogP contribution in [0.4, 0.5) is 4.39 Å². The quantitative estimate of drug-likeness (QED) is 0.811. The third-order valence-electron chi connectivity index (χ3n) is 4.05. The molecule has 0 saturated carbocycles. The number of hydrogen-bond donors (Lipinski definition) is 1. The molecular formula is C19H19ClFNO4. The Bertz CT molecular complexity index is 786. The van der Waals surface area contributed by atoms with Crippen LogP contribution in [0.2, 0.25) is 0 Å². The van der Waals surface area contributed by atoms with Crippen LogP contribution in [0, 0.1) is 11.7 Å². The van der Waals surface area contributed by atoms with Crippen LogP contribution in [0.15, 0.2) is 52.9 Å². The molecule has 5 nitrogen and oxygen atoms in total. The molecule has 0 aliphatic carbocycles. The number of allylic oxidation sites excluding steroid dienone is 3. The van der Waals surface area contributed by atoms with E-state index in [-0.39, 0.29) is 16.2 Å². The van der Waals surface area contributed by atoms with E-state index in [9.17, 15) is 14.0 Å². The van der Waals surface area contributed by atoms with Crippen LogP contribution in [0.3, 0.4) is 0 Å². The maximum Gasteiger partial charge on any atom is 0.336 e. The van der Waals surface area contributed by atoms with Gasteiger partial charge in [-0.3, -0.25) is 0 Å². The van der Waals surface area contributed by atoms with Crippen LogP contribution in [0.5, 0.6) is 0 Å². The first-order valence-electron chi connectivity index (χ1n) is 7.78. The number of rotatable bonds is 4. The van der Waals surface area contributed by atoms with E-state index in [0.717, 1.165) is 0 Å². The van der Waals surface area contributed by atoms with Crippen molar-refractivity contribution in [1.82, 2.24) is 5.32 Å². The van der Waals surface area contributed by atoms with Crippen LogP contribution >= 0.6 is 11.6 Å². The zero-order valence-corrected chi connectivity index (χ0v) is 15.6. The molecule has 0 spiro atoms. The summed E-state index contributed by atoms with van der Waals surface area (Å²) in [6.07, 6.45) is 1.56. The summed E-state index contributed by atoms with van der Waals surface area (Å²) in [6, 6.07) is 5.58. The van der Waals surface area contributed by atoms with E-state index in [1.807, 2.05) is 0 Å². The van der Waals surface area contributed by atoms with Crippen LogP contribution in [-0.2, 0) is 19.1 Å². The first-order chi connectivity index (χ1) is 12.3. The van der Waals surface area contributed by atoms with E-state index >= 15 is 0 Å². The van der Waals surface area contributed by atoms with Crippen molar-refractivity contribution in [2.75, 3.05) is 14.2 Å². The van der Waals surface area contributed by atoms with Crippen molar-refractivity contribution < 1.29 is 23.5 Å². The lowest BCUT2D eigenvalue weighted by Gasteiger charge is -2.28. The molecule has 0 amide bonds. The zero-order chi connectivity index (χ0) is 19.4. The van der Waals surface area contributed by atoms with Crippen LogP contribution in [0.25, 0.3) is 5.03 Å². The lowest BCUT2D eigenvalue weighted by atomic mass is 9.84. The van der Waals surface area contributed by atoms with Gasteiger partial charge in [-0.1, -0.05) is 29.8 Å². The number of ether oxygens (including phenoxy) is 2. The maximum atomic E-state index is 13.1. The van der Waals surface area contributed by atoms with E-state index in [1.165, 1.54) is 38.5 Å². The lowest BCUT2D eigenvalue weighted by molar-refractivity contribution is -0.137. The highest BCUT2D eigenvalue weighted by Crippen LogP contribution is 2.35. The SMILES string of the molecule is COC(=O)C1=C(C)NC(C)=C(C(=O)OC)C1C=C(Cl)c1ccc(F)cc1. The van der Waals surface area contributed by atoms with Gasteiger partial charge in [-0.15, -0.1) is 0 Å². The molecular weight excluding hydrogens is 361 g/mol. The number of dihydropyridines is 1. The molecule has 0 bridgehead atoms. The molecule has 0 radical (unpaired) electrons. The minimum absolute atomic E-state index is 0.249. The van der Waals surface area contributed by atoms with Crippen LogP contribution in [-0.4, -0.2) is 26.2 Å². The first-order valence-corrected chi connectivity index (χ1v) is 8.16. The minimum Gasteiger partial charge on any atom is -0.466 e. The normalized spacial score (nSPS) is 15.7. The van der Waals surface area contributed by atoms with E-state index in [0.29, 0.717) is 17.0 Å². The summed E-state index contributed by atoms with van der Waals surface area (Å²) in [6.45, 7) is 3.41.